The monoisotopic (exact) mass is 418 g/mol. The van der Waals surface area contributed by atoms with E-state index in [0.717, 1.165) is 17.3 Å². The first-order chi connectivity index (χ1) is 13.5. The van der Waals surface area contributed by atoms with E-state index >= 15 is 0 Å². The highest BCUT2D eigenvalue weighted by molar-refractivity contribution is 7.98. The minimum Gasteiger partial charge on any atom is -0.306 e. The predicted octanol–water partition coefficient (Wildman–Crippen LogP) is 4.57. The number of nitro benzene ring substituents is 1. The van der Waals surface area contributed by atoms with E-state index in [2.05, 4.69) is 10.4 Å². The number of nitro groups is 1. The summed E-state index contributed by atoms with van der Waals surface area (Å²) in [7, 11) is 0. The second kappa shape index (κ2) is 7.25. The molecule has 0 spiro atoms. The molecule has 0 saturated heterocycles. The molecule has 1 aliphatic heterocycles. The van der Waals surface area contributed by atoms with Gasteiger partial charge in [-0.25, -0.2) is 9.07 Å². The highest BCUT2D eigenvalue weighted by atomic mass is 35.5. The number of aromatic nitrogens is 2. The number of non-ortho nitro benzene ring substituents is 1. The Morgan fingerprint density at radius 2 is 2.00 bits per heavy atom. The first-order valence-corrected chi connectivity index (χ1v) is 9.67. The van der Waals surface area contributed by atoms with Crippen LogP contribution in [0.25, 0.3) is 5.69 Å². The first kappa shape index (κ1) is 18.5. The largest absolute Gasteiger partial charge is 0.306 e. The van der Waals surface area contributed by atoms with Crippen molar-refractivity contribution < 1.29 is 14.1 Å². The maximum Gasteiger partial charge on any atom is 0.269 e. The molecule has 0 saturated carbocycles. The van der Waals surface area contributed by atoms with E-state index in [0.29, 0.717) is 23.0 Å². The van der Waals surface area contributed by atoms with E-state index in [1.165, 1.54) is 28.9 Å². The molecule has 28 heavy (non-hydrogen) atoms. The molecule has 1 amide bonds. The average Bonchev–Trinajstić information content (AvgIpc) is 3.24. The zero-order valence-electron chi connectivity index (χ0n) is 14.2. The Morgan fingerprint density at radius 3 is 2.68 bits per heavy atom. The number of benzene rings is 2. The van der Waals surface area contributed by atoms with Crippen LogP contribution < -0.4 is 5.32 Å². The Bertz CT molecular complexity index is 1080. The lowest BCUT2D eigenvalue weighted by Crippen LogP contribution is -2.18. The molecule has 0 aliphatic carbocycles. The lowest BCUT2D eigenvalue weighted by atomic mass is 10.2. The normalized spacial score (nSPS) is 12.6. The summed E-state index contributed by atoms with van der Waals surface area (Å²) in [5.74, 6) is 0.308. The molecule has 0 fully saturated rings. The number of amides is 1. The number of hydrogen-bond donors (Lipinski definition) is 1. The van der Waals surface area contributed by atoms with Gasteiger partial charge < -0.3 is 5.32 Å². The van der Waals surface area contributed by atoms with Crippen molar-refractivity contribution in [1.29, 1.82) is 0 Å². The van der Waals surface area contributed by atoms with Crippen molar-refractivity contribution >= 4 is 40.8 Å². The molecule has 1 aromatic heterocycles. The van der Waals surface area contributed by atoms with Crippen LogP contribution in [0.2, 0.25) is 5.02 Å². The molecule has 0 atom stereocenters. The molecule has 1 N–H and O–H groups in total. The number of nitrogens with one attached hydrogen (secondary N) is 1. The van der Waals surface area contributed by atoms with Crippen LogP contribution in [0.5, 0.6) is 0 Å². The molecule has 7 nitrogen and oxygen atoms in total. The van der Waals surface area contributed by atoms with Crippen molar-refractivity contribution in [3.05, 3.63) is 80.2 Å². The minimum atomic E-state index is -0.725. The number of anilines is 1. The summed E-state index contributed by atoms with van der Waals surface area (Å²) >= 11 is 7.64. The number of thioether (sulfide) groups is 1. The molecule has 4 rings (SSSR count). The van der Waals surface area contributed by atoms with Crippen LogP contribution in [0.15, 0.2) is 42.5 Å². The Labute approximate surface area is 167 Å². The summed E-state index contributed by atoms with van der Waals surface area (Å²) in [4.78, 5) is 23.1. The van der Waals surface area contributed by atoms with Crippen LogP contribution >= 0.6 is 23.4 Å². The summed E-state index contributed by atoms with van der Waals surface area (Å²) in [5, 5.41) is 18.1. The van der Waals surface area contributed by atoms with Crippen LogP contribution in [0.4, 0.5) is 15.9 Å². The van der Waals surface area contributed by atoms with Crippen LogP contribution in [-0.4, -0.2) is 20.6 Å². The van der Waals surface area contributed by atoms with E-state index in [1.54, 1.807) is 23.9 Å². The van der Waals surface area contributed by atoms with Gasteiger partial charge in [0.2, 0.25) is 0 Å². The topological polar surface area (TPSA) is 90.1 Å². The SMILES string of the molecule is O=C(Nc1c2c(nn1-c1ccc([N+](=O)[O-])cc1)CSC2)c1c(F)cccc1Cl. The van der Waals surface area contributed by atoms with Crippen LogP contribution in [0, 0.1) is 15.9 Å². The third-order valence-corrected chi connectivity index (χ3v) is 5.56. The zero-order chi connectivity index (χ0) is 19.8. The van der Waals surface area contributed by atoms with Gasteiger partial charge in [-0.1, -0.05) is 17.7 Å². The van der Waals surface area contributed by atoms with Gasteiger partial charge in [0.05, 0.1) is 26.9 Å². The number of halogens is 2. The van der Waals surface area contributed by atoms with Gasteiger partial charge in [-0.05, 0) is 24.3 Å². The quantitative estimate of drug-likeness (QED) is 0.495. The number of carbonyl (C=O) groups is 1. The number of rotatable bonds is 4. The van der Waals surface area contributed by atoms with Gasteiger partial charge in [0.25, 0.3) is 11.6 Å². The zero-order valence-corrected chi connectivity index (χ0v) is 15.8. The van der Waals surface area contributed by atoms with Crippen molar-refractivity contribution in [3.8, 4) is 5.69 Å². The standard InChI is InChI=1S/C18H12ClFN4O3S/c19-13-2-1-3-14(20)16(13)18(25)21-17-12-8-28-9-15(12)22-23(17)10-4-6-11(7-5-10)24(26)27/h1-7H,8-9H2,(H,21,25). The summed E-state index contributed by atoms with van der Waals surface area (Å²) in [6, 6.07) is 9.82. The molecule has 2 aromatic carbocycles. The van der Waals surface area contributed by atoms with E-state index in [4.69, 9.17) is 11.6 Å². The smallest absolute Gasteiger partial charge is 0.269 e. The van der Waals surface area contributed by atoms with Crippen molar-refractivity contribution in [2.75, 3.05) is 5.32 Å². The fourth-order valence-electron chi connectivity index (χ4n) is 2.93. The van der Waals surface area contributed by atoms with Crippen molar-refractivity contribution in [3.63, 3.8) is 0 Å². The van der Waals surface area contributed by atoms with Crippen LogP contribution in [-0.2, 0) is 11.5 Å². The summed E-state index contributed by atoms with van der Waals surface area (Å²) < 4.78 is 15.6. The number of hydrogen-bond acceptors (Lipinski definition) is 5. The lowest BCUT2D eigenvalue weighted by molar-refractivity contribution is -0.384. The molecule has 142 valence electrons. The van der Waals surface area contributed by atoms with Crippen molar-refractivity contribution in [2.24, 2.45) is 0 Å². The van der Waals surface area contributed by atoms with Gasteiger partial charge in [0.1, 0.15) is 11.6 Å². The van der Waals surface area contributed by atoms with E-state index in [1.807, 2.05) is 0 Å². The Morgan fingerprint density at radius 1 is 1.25 bits per heavy atom. The van der Waals surface area contributed by atoms with E-state index in [-0.39, 0.29) is 16.3 Å². The molecular formula is C18H12ClFN4O3S. The van der Waals surface area contributed by atoms with Crippen molar-refractivity contribution in [1.82, 2.24) is 9.78 Å². The number of fused-ring (bicyclic) bond motifs is 1. The third-order valence-electron chi connectivity index (χ3n) is 4.28. The molecule has 10 heteroatoms. The van der Waals surface area contributed by atoms with Crippen molar-refractivity contribution in [2.45, 2.75) is 11.5 Å². The van der Waals surface area contributed by atoms with Gasteiger partial charge >= 0.3 is 0 Å². The fourth-order valence-corrected chi connectivity index (χ4v) is 4.21. The summed E-state index contributed by atoms with van der Waals surface area (Å²) in [6.45, 7) is 0. The average molecular weight is 419 g/mol. The maximum atomic E-state index is 14.1. The lowest BCUT2D eigenvalue weighted by Gasteiger charge is -2.12. The highest BCUT2D eigenvalue weighted by Gasteiger charge is 2.26. The maximum absolute atomic E-state index is 14.1. The first-order valence-electron chi connectivity index (χ1n) is 8.14. The Balaban J connectivity index is 1.75. The molecule has 3 aromatic rings. The molecular weight excluding hydrogens is 407 g/mol. The van der Waals surface area contributed by atoms with Gasteiger partial charge in [-0.2, -0.15) is 16.9 Å². The highest BCUT2D eigenvalue weighted by Crippen LogP contribution is 2.36. The van der Waals surface area contributed by atoms with Gasteiger partial charge in [-0.3, -0.25) is 14.9 Å². The number of carbonyl (C=O) groups excluding carboxylic acids is 1. The Kier molecular flexibility index (Phi) is 4.78. The third kappa shape index (κ3) is 3.23. The molecule has 0 unspecified atom stereocenters. The number of nitrogens with zero attached hydrogens (tertiary/aromatic N) is 3. The van der Waals surface area contributed by atoms with E-state index < -0.39 is 16.6 Å². The summed E-state index contributed by atoms with van der Waals surface area (Å²) in [5.41, 5.74) is 1.88. The van der Waals surface area contributed by atoms with Crippen LogP contribution in [0.1, 0.15) is 21.6 Å². The van der Waals surface area contributed by atoms with Gasteiger partial charge in [0, 0.05) is 29.2 Å². The van der Waals surface area contributed by atoms with Gasteiger partial charge in [-0.15, -0.1) is 0 Å². The Hall–Kier alpha value is -2.91. The summed E-state index contributed by atoms with van der Waals surface area (Å²) in [6.07, 6.45) is 0. The van der Waals surface area contributed by atoms with E-state index in [9.17, 15) is 19.3 Å². The molecule has 0 bridgehead atoms. The van der Waals surface area contributed by atoms with Crippen LogP contribution in [0.3, 0.4) is 0 Å². The fraction of sp³-hybridized carbons (Fsp3) is 0.111. The second-order valence-corrected chi connectivity index (χ2v) is 7.40. The minimum absolute atomic E-state index is 0.00456. The van der Waals surface area contributed by atoms with Gasteiger partial charge in [0.15, 0.2) is 0 Å². The molecule has 1 aliphatic rings. The molecule has 0 radical (unpaired) electrons. The molecule has 2 heterocycles. The second-order valence-electron chi connectivity index (χ2n) is 6.00. The predicted molar refractivity (Wildman–Crippen MR) is 105 cm³/mol.